The molecular weight excluding hydrogens is 329 g/mol. The number of hydrogen-bond acceptors (Lipinski definition) is 2. The molecule has 3 rings (SSSR count). The molecule has 1 heterocycles. The number of benzene rings is 2. The first-order chi connectivity index (χ1) is 11.9. The highest BCUT2D eigenvalue weighted by molar-refractivity contribution is 5.96. The fraction of sp³-hybridized carbons (Fsp3) is 0.250. The summed E-state index contributed by atoms with van der Waals surface area (Å²) in [5, 5.41) is 0.763. The monoisotopic (exact) mass is 346 g/mol. The predicted molar refractivity (Wildman–Crippen MR) is 89.6 cm³/mol. The Morgan fingerprint density at radius 1 is 1.00 bits per heavy atom. The highest BCUT2D eigenvalue weighted by Gasteiger charge is 2.34. The second kappa shape index (κ2) is 7.13. The van der Waals surface area contributed by atoms with E-state index in [2.05, 4.69) is 0 Å². The van der Waals surface area contributed by atoms with E-state index in [0.29, 0.717) is 11.1 Å². The lowest BCUT2D eigenvalue weighted by Crippen LogP contribution is -2.15. The number of halogens is 3. The molecule has 0 aliphatic carbocycles. The van der Waals surface area contributed by atoms with Crippen LogP contribution in [0.4, 0.5) is 13.2 Å². The quantitative estimate of drug-likeness (QED) is 0.502. The molecule has 0 bridgehead atoms. The van der Waals surface area contributed by atoms with Crippen molar-refractivity contribution in [3.8, 4) is 0 Å². The van der Waals surface area contributed by atoms with Gasteiger partial charge < -0.3 is 4.42 Å². The Hall–Kier alpha value is -2.56. The Balaban J connectivity index is 1.78. The number of furan rings is 1. The van der Waals surface area contributed by atoms with E-state index in [-0.39, 0.29) is 24.4 Å². The predicted octanol–water partition coefficient (Wildman–Crippen LogP) is 6.13. The summed E-state index contributed by atoms with van der Waals surface area (Å²) in [5.74, 6) is -0.761. The van der Waals surface area contributed by atoms with Crippen LogP contribution in [0.25, 0.3) is 11.0 Å². The van der Waals surface area contributed by atoms with Crippen molar-refractivity contribution in [2.75, 3.05) is 0 Å². The molecule has 0 saturated heterocycles. The largest absolute Gasteiger partial charge is 0.461 e. The van der Waals surface area contributed by atoms with Crippen molar-refractivity contribution in [2.24, 2.45) is 0 Å². The van der Waals surface area contributed by atoms with Gasteiger partial charge in [-0.25, -0.2) is 0 Å². The number of hydrogen-bond donors (Lipinski definition) is 0. The molecule has 0 amide bonds. The fourth-order valence-electron chi connectivity index (χ4n) is 2.90. The van der Waals surface area contributed by atoms with E-state index in [1.807, 2.05) is 0 Å². The minimum atomic E-state index is -4.32. The SMILES string of the molecule is O=C(CCC(CC(F)(F)F)c1cc2ccccc2o1)c1ccccc1. The van der Waals surface area contributed by atoms with Crippen LogP contribution in [0.5, 0.6) is 0 Å². The number of carbonyl (C=O) groups excluding carboxylic acids is 1. The van der Waals surface area contributed by atoms with E-state index in [0.717, 1.165) is 5.39 Å². The summed E-state index contributed by atoms with van der Waals surface area (Å²) in [4.78, 5) is 12.2. The Labute approximate surface area is 143 Å². The van der Waals surface area contributed by atoms with Crippen molar-refractivity contribution in [1.29, 1.82) is 0 Å². The maximum atomic E-state index is 13.0. The number of Topliss-reactive ketones (excluding diaryl/α,β-unsaturated/α-hetero) is 1. The number of fused-ring (bicyclic) bond motifs is 1. The van der Waals surface area contributed by atoms with Crippen LogP contribution in [-0.2, 0) is 0 Å². The first-order valence-electron chi connectivity index (χ1n) is 8.06. The summed E-state index contributed by atoms with van der Waals surface area (Å²) >= 11 is 0. The molecule has 130 valence electrons. The zero-order chi connectivity index (χ0) is 17.9. The lowest BCUT2D eigenvalue weighted by atomic mass is 9.93. The summed E-state index contributed by atoms with van der Waals surface area (Å²) in [7, 11) is 0. The number of para-hydroxylation sites is 1. The van der Waals surface area contributed by atoms with Gasteiger partial charge in [-0.15, -0.1) is 0 Å². The molecule has 1 unspecified atom stereocenters. The van der Waals surface area contributed by atoms with Crippen molar-refractivity contribution >= 4 is 16.8 Å². The molecule has 2 nitrogen and oxygen atoms in total. The third-order valence-corrected chi connectivity index (χ3v) is 4.14. The number of rotatable bonds is 6. The minimum absolute atomic E-state index is 0.0435. The topological polar surface area (TPSA) is 30.2 Å². The van der Waals surface area contributed by atoms with Crippen molar-refractivity contribution in [2.45, 2.75) is 31.4 Å². The Morgan fingerprint density at radius 2 is 1.68 bits per heavy atom. The van der Waals surface area contributed by atoms with Gasteiger partial charge in [0, 0.05) is 23.3 Å². The molecule has 0 spiro atoms. The second-order valence-corrected chi connectivity index (χ2v) is 6.03. The highest BCUT2D eigenvalue weighted by atomic mass is 19.4. The van der Waals surface area contributed by atoms with E-state index in [1.54, 1.807) is 60.7 Å². The van der Waals surface area contributed by atoms with E-state index >= 15 is 0 Å². The summed E-state index contributed by atoms with van der Waals surface area (Å²) in [5.41, 5.74) is 1.07. The molecule has 25 heavy (non-hydrogen) atoms. The highest BCUT2D eigenvalue weighted by Crippen LogP contribution is 2.37. The van der Waals surface area contributed by atoms with E-state index < -0.39 is 18.5 Å². The maximum Gasteiger partial charge on any atom is 0.389 e. The first-order valence-corrected chi connectivity index (χ1v) is 8.06. The molecular formula is C20H17F3O2. The van der Waals surface area contributed by atoms with Crippen LogP contribution in [0.1, 0.15) is 41.3 Å². The molecule has 0 fully saturated rings. The second-order valence-electron chi connectivity index (χ2n) is 6.03. The van der Waals surface area contributed by atoms with Gasteiger partial charge in [0.25, 0.3) is 0 Å². The molecule has 3 aromatic rings. The lowest BCUT2D eigenvalue weighted by Gasteiger charge is -2.16. The Bertz CT molecular complexity index is 817. The van der Waals surface area contributed by atoms with Crippen molar-refractivity contribution in [3.05, 3.63) is 72.0 Å². The van der Waals surface area contributed by atoms with Crippen LogP contribution in [0.3, 0.4) is 0 Å². The third kappa shape index (κ3) is 4.50. The lowest BCUT2D eigenvalue weighted by molar-refractivity contribution is -0.140. The van der Waals surface area contributed by atoms with Crippen LogP contribution in [-0.4, -0.2) is 12.0 Å². The summed E-state index contributed by atoms with van der Waals surface area (Å²) < 4.78 is 44.5. The van der Waals surface area contributed by atoms with Gasteiger partial charge >= 0.3 is 6.18 Å². The molecule has 0 radical (unpaired) electrons. The smallest absolute Gasteiger partial charge is 0.389 e. The fourth-order valence-corrected chi connectivity index (χ4v) is 2.90. The molecule has 0 aliphatic heterocycles. The average molecular weight is 346 g/mol. The van der Waals surface area contributed by atoms with Gasteiger partial charge in [-0.1, -0.05) is 48.5 Å². The molecule has 0 N–H and O–H groups in total. The zero-order valence-corrected chi connectivity index (χ0v) is 13.4. The van der Waals surface area contributed by atoms with Crippen molar-refractivity contribution in [3.63, 3.8) is 0 Å². The maximum absolute atomic E-state index is 13.0. The van der Waals surface area contributed by atoms with Crippen molar-refractivity contribution in [1.82, 2.24) is 0 Å². The van der Waals surface area contributed by atoms with Gasteiger partial charge in [-0.3, -0.25) is 4.79 Å². The van der Waals surface area contributed by atoms with Crippen LogP contribution in [0.2, 0.25) is 0 Å². The van der Waals surface area contributed by atoms with Gasteiger partial charge in [0.05, 0.1) is 6.42 Å². The molecule has 5 heteroatoms. The zero-order valence-electron chi connectivity index (χ0n) is 13.4. The summed E-state index contributed by atoms with van der Waals surface area (Å²) in [6, 6.07) is 17.3. The number of alkyl halides is 3. The van der Waals surface area contributed by atoms with Crippen LogP contribution in [0.15, 0.2) is 65.1 Å². The molecule has 0 saturated carbocycles. The molecule has 2 aromatic carbocycles. The normalized spacial score (nSPS) is 13.1. The van der Waals surface area contributed by atoms with Gasteiger partial charge in [-0.05, 0) is 18.6 Å². The Morgan fingerprint density at radius 3 is 2.36 bits per heavy atom. The van der Waals surface area contributed by atoms with Gasteiger partial charge in [0.15, 0.2) is 5.78 Å². The van der Waals surface area contributed by atoms with Crippen LogP contribution in [0, 0.1) is 0 Å². The minimum Gasteiger partial charge on any atom is -0.461 e. The van der Waals surface area contributed by atoms with E-state index in [4.69, 9.17) is 4.42 Å². The van der Waals surface area contributed by atoms with Crippen molar-refractivity contribution < 1.29 is 22.4 Å². The summed E-state index contributed by atoms with van der Waals surface area (Å²) in [6.07, 6.45) is -5.19. The summed E-state index contributed by atoms with van der Waals surface area (Å²) in [6.45, 7) is 0. The van der Waals surface area contributed by atoms with Crippen LogP contribution < -0.4 is 0 Å². The first kappa shape index (κ1) is 17.3. The Kier molecular flexibility index (Phi) is 4.93. The van der Waals surface area contributed by atoms with Gasteiger partial charge in [0.1, 0.15) is 11.3 Å². The molecule has 1 atom stereocenters. The van der Waals surface area contributed by atoms with E-state index in [9.17, 15) is 18.0 Å². The third-order valence-electron chi connectivity index (χ3n) is 4.14. The molecule has 1 aromatic heterocycles. The van der Waals surface area contributed by atoms with Gasteiger partial charge in [0.2, 0.25) is 0 Å². The number of ketones is 1. The number of carbonyl (C=O) groups is 1. The van der Waals surface area contributed by atoms with Crippen LogP contribution >= 0.6 is 0 Å². The van der Waals surface area contributed by atoms with E-state index in [1.165, 1.54) is 0 Å². The molecule has 0 aliphatic rings. The van der Waals surface area contributed by atoms with Gasteiger partial charge in [-0.2, -0.15) is 13.2 Å². The standard InChI is InChI=1S/C20H17F3O2/c21-20(22,23)13-16(10-11-17(24)14-6-2-1-3-7-14)19-12-15-8-4-5-9-18(15)25-19/h1-9,12,16H,10-11,13H2. The average Bonchev–Trinajstić information content (AvgIpc) is 3.02.